The summed E-state index contributed by atoms with van der Waals surface area (Å²) < 4.78 is 33.0. The second-order valence-electron chi connectivity index (χ2n) is 7.36. The Morgan fingerprint density at radius 3 is 2.47 bits per heavy atom. The first-order chi connectivity index (χ1) is 14.6. The molecule has 0 saturated carbocycles. The van der Waals surface area contributed by atoms with Gasteiger partial charge in [0.05, 0.1) is 11.2 Å². The molecule has 0 unspecified atom stereocenters. The fourth-order valence-corrected chi connectivity index (χ4v) is 4.97. The lowest BCUT2D eigenvalue weighted by Crippen LogP contribution is -2.49. The van der Waals surface area contributed by atoms with Gasteiger partial charge in [0, 0.05) is 32.4 Å². The highest BCUT2D eigenvalue weighted by atomic mass is 32.2. The number of furan rings is 1. The maximum Gasteiger partial charge on any atom is 0.243 e. The number of piperazine rings is 1. The molecule has 0 bridgehead atoms. The Morgan fingerprint density at radius 2 is 1.80 bits per heavy atom. The van der Waals surface area contributed by atoms with Crippen molar-refractivity contribution in [3.05, 3.63) is 60.5 Å². The van der Waals surface area contributed by atoms with E-state index in [1.54, 1.807) is 35.0 Å². The van der Waals surface area contributed by atoms with Gasteiger partial charge in [0.2, 0.25) is 16.0 Å². The SMILES string of the molecule is CCCCc1ccc(S(=O)(=O)N2CCN(c3nccc(-c4ccco4)n3)CC2)cc1. The maximum absolute atomic E-state index is 13.0. The first kappa shape index (κ1) is 20.6. The van der Waals surface area contributed by atoms with Gasteiger partial charge in [-0.3, -0.25) is 0 Å². The molecule has 7 nitrogen and oxygen atoms in total. The summed E-state index contributed by atoms with van der Waals surface area (Å²) in [6.45, 7) is 4.02. The summed E-state index contributed by atoms with van der Waals surface area (Å²) in [5.74, 6) is 1.27. The lowest BCUT2D eigenvalue weighted by molar-refractivity contribution is 0.382. The molecule has 1 aliphatic heterocycles. The average Bonchev–Trinajstić information content (AvgIpc) is 3.33. The monoisotopic (exact) mass is 426 g/mol. The summed E-state index contributed by atoms with van der Waals surface area (Å²) >= 11 is 0. The van der Waals surface area contributed by atoms with Crippen molar-refractivity contribution in [2.24, 2.45) is 0 Å². The highest BCUT2D eigenvalue weighted by Gasteiger charge is 2.29. The fraction of sp³-hybridized carbons (Fsp3) is 0.364. The molecule has 1 aliphatic rings. The van der Waals surface area contributed by atoms with Gasteiger partial charge in [0.25, 0.3) is 0 Å². The van der Waals surface area contributed by atoms with Crippen molar-refractivity contribution in [3.8, 4) is 11.5 Å². The third-order valence-electron chi connectivity index (χ3n) is 5.32. The van der Waals surface area contributed by atoms with E-state index in [1.165, 1.54) is 5.56 Å². The van der Waals surface area contributed by atoms with E-state index < -0.39 is 10.0 Å². The van der Waals surface area contributed by atoms with E-state index in [9.17, 15) is 8.42 Å². The molecule has 0 aliphatic carbocycles. The molecule has 0 spiro atoms. The van der Waals surface area contributed by atoms with Crippen molar-refractivity contribution in [2.45, 2.75) is 31.1 Å². The molecular weight excluding hydrogens is 400 g/mol. The molecular formula is C22H26N4O3S. The van der Waals surface area contributed by atoms with Crippen LogP contribution in [-0.4, -0.2) is 48.9 Å². The number of hydrogen-bond acceptors (Lipinski definition) is 6. The Bertz CT molecular complexity index is 1060. The van der Waals surface area contributed by atoms with Gasteiger partial charge in [-0.1, -0.05) is 25.5 Å². The Kier molecular flexibility index (Phi) is 6.15. The molecule has 2 aromatic heterocycles. The molecule has 158 valence electrons. The van der Waals surface area contributed by atoms with Crippen molar-refractivity contribution in [3.63, 3.8) is 0 Å². The molecule has 1 fully saturated rings. The second kappa shape index (κ2) is 8.97. The van der Waals surface area contributed by atoms with Gasteiger partial charge >= 0.3 is 0 Å². The van der Waals surface area contributed by atoms with Gasteiger partial charge < -0.3 is 9.32 Å². The maximum atomic E-state index is 13.0. The number of rotatable bonds is 7. The number of benzene rings is 1. The van der Waals surface area contributed by atoms with Crippen LogP contribution in [-0.2, 0) is 16.4 Å². The zero-order valence-electron chi connectivity index (χ0n) is 17.1. The zero-order chi connectivity index (χ0) is 21.0. The summed E-state index contributed by atoms with van der Waals surface area (Å²) in [5.41, 5.74) is 1.89. The van der Waals surface area contributed by atoms with E-state index in [2.05, 4.69) is 16.9 Å². The molecule has 1 saturated heterocycles. The van der Waals surface area contributed by atoms with Crippen LogP contribution in [0.25, 0.3) is 11.5 Å². The first-order valence-corrected chi connectivity index (χ1v) is 11.7. The predicted molar refractivity (Wildman–Crippen MR) is 116 cm³/mol. The largest absolute Gasteiger partial charge is 0.463 e. The van der Waals surface area contributed by atoms with Crippen LogP contribution in [0.5, 0.6) is 0 Å². The molecule has 4 rings (SSSR count). The molecule has 0 amide bonds. The van der Waals surface area contributed by atoms with E-state index in [4.69, 9.17) is 4.42 Å². The molecule has 0 N–H and O–H groups in total. The predicted octanol–water partition coefficient (Wildman–Crippen LogP) is 3.59. The number of unbranched alkanes of at least 4 members (excludes halogenated alkanes) is 1. The van der Waals surface area contributed by atoms with E-state index in [1.807, 2.05) is 29.2 Å². The van der Waals surface area contributed by atoms with E-state index in [0.717, 1.165) is 19.3 Å². The number of aromatic nitrogens is 2. The zero-order valence-corrected chi connectivity index (χ0v) is 17.9. The number of anilines is 1. The van der Waals surface area contributed by atoms with Crippen LogP contribution in [0, 0.1) is 0 Å². The number of aryl methyl sites for hydroxylation is 1. The summed E-state index contributed by atoms with van der Waals surface area (Å²) in [7, 11) is -3.50. The van der Waals surface area contributed by atoms with Gasteiger partial charge in [-0.2, -0.15) is 4.31 Å². The van der Waals surface area contributed by atoms with Crippen LogP contribution < -0.4 is 4.90 Å². The Morgan fingerprint density at radius 1 is 1.03 bits per heavy atom. The third kappa shape index (κ3) is 4.39. The van der Waals surface area contributed by atoms with Crippen molar-refractivity contribution in [1.82, 2.24) is 14.3 Å². The van der Waals surface area contributed by atoms with Crippen molar-refractivity contribution < 1.29 is 12.8 Å². The molecule has 0 radical (unpaired) electrons. The first-order valence-electron chi connectivity index (χ1n) is 10.3. The van der Waals surface area contributed by atoms with Crippen LogP contribution in [0.3, 0.4) is 0 Å². The average molecular weight is 427 g/mol. The van der Waals surface area contributed by atoms with Gasteiger partial charge in [-0.15, -0.1) is 0 Å². The highest BCUT2D eigenvalue weighted by molar-refractivity contribution is 7.89. The lowest BCUT2D eigenvalue weighted by atomic mass is 10.1. The molecule has 8 heteroatoms. The standard InChI is InChI=1S/C22H26N4O3S/c1-2-3-5-18-7-9-19(10-8-18)30(27,28)26-15-13-25(14-16-26)22-23-12-11-20(24-22)21-6-4-17-29-21/h4,6-12,17H,2-3,5,13-16H2,1H3. The van der Waals surface area contributed by atoms with Gasteiger partial charge in [0.1, 0.15) is 5.69 Å². The second-order valence-corrected chi connectivity index (χ2v) is 9.30. The third-order valence-corrected chi connectivity index (χ3v) is 7.23. The minimum absolute atomic E-state index is 0.354. The Labute approximate surface area is 177 Å². The molecule has 0 atom stereocenters. The van der Waals surface area contributed by atoms with Crippen LogP contribution in [0.4, 0.5) is 5.95 Å². The molecule has 30 heavy (non-hydrogen) atoms. The van der Waals surface area contributed by atoms with Gasteiger partial charge in [-0.25, -0.2) is 18.4 Å². The Hall–Kier alpha value is -2.71. The van der Waals surface area contributed by atoms with Crippen molar-refractivity contribution in [2.75, 3.05) is 31.1 Å². The van der Waals surface area contributed by atoms with Crippen LogP contribution >= 0.6 is 0 Å². The van der Waals surface area contributed by atoms with E-state index in [0.29, 0.717) is 48.5 Å². The lowest BCUT2D eigenvalue weighted by Gasteiger charge is -2.34. The van der Waals surface area contributed by atoms with Crippen molar-refractivity contribution in [1.29, 1.82) is 0 Å². The van der Waals surface area contributed by atoms with Crippen molar-refractivity contribution >= 4 is 16.0 Å². The summed E-state index contributed by atoms with van der Waals surface area (Å²) in [6, 6.07) is 12.8. The van der Waals surface area contributed by atoms with Gasteiger partial charge in [-0.05, 0) is 48.7 Å². The molecule has 1 aromatic carbocycles. The van der Waals surface area contributed by atoms with Gasteiger partial charge in [0.15, 0.2) is 5.76 Å². The molecule has 3 heterocycles. The summed E-state index contributed by atoms with van der Waals surface area (Å²) in [5, 5.41) is 0. The minimum Gasteiger partial charge on any atom is -0.463 e. The number of hydrogen-bond donors (Lipinski definition) is 0. The number of sulfonamides is 1. The quantitative estimate of drug-likeness (QED) is 0.574. The van der Waals surface area contributed by atoms with E-state index in [-0.39, 0.29) is 0 Å². The number of nitrogens with zero attached hydrogens (tertiary/aromatic N) is 4. The van der Waals surface area contributed by atoms with E-state index >= 15 is 0 Å². The topological polar surface area (TPSA) is 79.5 Å². The van der Waals surface area contributed by atoms with Crippen LogP contribution in [0.1, 0.15) is 25.3 Å². The molecule has 3 aromatic rings. The van der Waals surface area contributed by atoms with Crippen LogP contribution in [0.2, 0.25) is 0 Å². The summed E-state index contributed by atoms with van der Waals surface area (Å²) in [6.07, 6.45) is 6.52. The Balaban J connectivity index is 1.42. The summed E-state index contributed by atoms with van der Waals surface area (Å²) in [4.78, 5) is 11.3. The normalized spacial score (nSPS) is 15.4. The minimum atomic E-state index is -3.50. The smallest absolute Gasteiger partial charge is 0.243 e. The van der Waals surface area contributed by atoms with Crippen LogP contribution in [0.15, 0.2) is 64.2 Å². The fourth-order valence-electron chi connectivity index (χ4n) is 3.55. The highest BCUT2D eigenvalue weighted by Crippen LogP contribution is 2.22.